The monoisotopic (exact) mass is 421 g/mol. The second-order valence-corrected chi connectivity index (χ2v) is 5.80. The first-order valence-corrected chi connectivity index (χ1v) is 7.42. The van der Waals surface area contributed by atoms with Crippen LogP contribution in [0.15, 0.2) is 30.5 Å². The first kappa shape index (κ1) is 16.8. The fraction of sp³-hybridized carbons (Fsp3) is 0.286. The maximum atomic E-state index is 13.0. The molecule has 2 aromatic rings. The molecule has 0 atom stereocenters. The normalized spacial score (nSPS) is 11.0. The van der Waals surface area contributed by atoms with Gasteiger partial charge in [-0.15, -0.1) is 0 Å². The fourth-order valence-electron chi connectivity index (χ4n) is 1.99. The summed E-state index contributed by atoms with van der Waals surface area (Å²) in [6, 6.07) is 7.49. The highest BCUT2D eigenvalue weighted by Crippen LogP contribution is 2.23. The molecular formula is C14H14F2IN3O2. The van der Waals surface area contributed by atoms with Crippen LogP contribution >= 0.6 is 22.6 Å². The van der Waals surface area contributed by atoms with Crippen molar-refractivity contribution >= 4 is 28.5 Å². The van der Waals surface area contributed by atoms with Crippen LogP contribution in [0.5, 0.6) is 0 Å². The number of amides is 1. The van der Waals surface area contributed by atoms with Gasteiger partial charge in [0.15, 0.2) is 0 Å². The van der Waals surface area contributed by atoms with Crippen LogP contribution in [0.1, 0.15) is 28.0 Å². The maximum absolute atomic E-state index is 13.0. The Morgan fingerprint density at radius 1 is 1.50 bits per heavy atom. The molecule has 0 aliphatic rings. The van der Waals surface area contributed by atoms with Crippen molar-refractivity contribution in [1.82, 2.24) is 14.8 Å². The van der Waals surface area contributed by atoms with Crippen LogP contribution in [0.4, 0.5) is 8.78 Å². The molecule has 0 radical (unpaired) electrons. The summed E-state index contributed by atoms with van der Waals surface area (Å²) >= 11 is 2.15. The first-order valence-electron chi connectivity index (χ1n) is 6.34. The molecule has 5 nitrogen and oxygen atoms in total. The molecular weight excluding hydrogens is 407 g/mol. The summed E-state index contributed by atoms with van der Waals surface area (Å²) in [7, 11) is 2.81. The molecule has 0 bridgehead atoms. The topological polar surface area (TPSA) is 47.4 Å². The SMILES string of the molecule is CON(Cc1cccc(I)c1)C(=O)c1cn(C)nc1C(F)F. The van der Waals surface area contributed by atoms with Crippen molar-refractivity contribution in [3.05, 3.63) is 50.9 Å². The van der Waals surface area contributed by atoms with Gasteiger partial charge in [-0.1, -0.05) is 12.1 Å². The Morgan fingerprint density at radius 2 is 2.23 bits per heavy atom. The average molecular weight is 421 g/mol. The van der Waals surface area contributed by atoms with Gasteiger partial charge in [0.1, 0.15) is 5.69 Å². The number of aromatic nitrogens is 2. The zero-order chi connectivity index (χ0) is 16.3. The lowest BCUT2D eigenvalue weighted by molar-refractivity contribution is -0.102. The van der Waals surface area contributed by atoms with Gasteiger partial charge in [0, 0.05) is 16.8 Å². The number of benzene rings is 1. The second kappa shape index (κ2) is 7.14. The van der Waals surface area contributed by atoms with E-state index in [2.05, 4.69) is 27.7 Å². The summed E-state index contributed by atoms with van der Waals surface area (Å²) in [6.07, 6.45) is -1.55. The molecule has 0 saturated heterocycles. The Kier molecular flexibility index (Phi) is 5.46. The summed E-state index contributed by atoms with van der Waals surface area (Å²) in [4.78, 5) is 17.5. The molecule has 8 heteroatoms. The Bertz CT molecular complexity index is 676. The van der Waals surface area contributed by atoms with Crippen LogP contribution in [0, 0.1) is 3.57 Å². The van der Waals surface area contributed by atoms with E-state index in [1.165, 1.54) is 25.0 Å². The lowest BCUT2D eigenvalue weighted by Gasteiger charge is -2.19. The van der Waals surface area contributed by atoms with E-state index in [9.17, 15) is 13.6 Å². The lowest BCUT2D eigenvalue weighted by atomic mass is 10.2. The first-order chi connectivity index (χ1) is 10.4. The molecule has 1 amide bonds. The van der Waals surface area contributed by atoms with Crippen molar-refractivity contribution in [3.63, 3.8) is 0 Å². The van der Waals surface area contributed by atoms with Crippen molar-refractivity contribution < 1.29 is 18.4 Å². The van der Waals surface area contributed by atoms with Crippen molar-refractivity contribution in [3.8, 4) is 0 Å². The number of nitrogens with zero attached hydrogens (tertiary/aromatic N) is 3. The van der Waals surface area contributed by atoms with E-state index in [1.54, 1.807) is 0 Å². The molecule has 1 aromatic heterocycles. The molecule has 2 rings (SSSR count). The predicted molar refractivity (Wildman–Crippen MR) is 84.2 cm³/mol. The van der Waals surface area contributed by atoms with Crippen LogP contribution in [0.3, 0.4) is 0 Å². The van der Waals surface area contributed by atoms with Crippen LogP contribution in [-0.2, 0) is 18.4 Å². The number of hydrogen-bond donors (Lipinski definition) is 0. The van der Waals surface area contributed by atoms with Gasteiger partial charge in [0.2, 0.25) is 0 Å². The summed E-state index contributed by atoms with van der Waals surface area (Å²) < 4.78 is 28.1. The number of carbonyl (C=O) groups excluding carboxylic acids is 1. The van der Waals surface area contributed by atoms with Gasteiger partial charge in [0.25, 0.3) is 12.3 Å². The lowest BCUT2D eigenvalue weighted by Crippen LogP contribution is -2.30. The number of alkyl halides is 2. The van der Waals surface area contributed by atoms with Crippen molar-refractivity contribution in [2.75, 3.05) is 7.11 Å². The standard InChI is InChI=1S/C14H14F2IN3O2/c1-19-8-11(12(18-19)13(15)16)14(21)20(22-2)7-9-4-3-5-10(17)6-9/h3-6,8,13H,7H2,1-2H3. The molecule has 0 unspecified atom stereocenters. The van der Waals surface area contributed by atoms with E-state index >= 15 is 0 Å². The minimum atomic E-state index is -2.82. The Balaban J connectivity index is 2.26. The molecule has 118 valence electrons. The largest absolute Gasteiger partial charge is 0.282 e. The van der Waals surface area contributed by atoms with Gasteiger partial charge >= 0.3 is 0 Å². The molecule has 0 spiro atoms. The average Bonchev–Trinajstić information content (AvgIpc) is 2.86. The van der Waals surface area contributed by atoms with E-state index in [1.807, 2.05) is 24.3 Å². The van der Waals surface area contributed by atoms with Crippen molar-refractivity contribution in [1.29, 1.82) is 0 Å². The number of halogens is 3. The van der Waals surface area contributed by atoms with Crippen molar-refractivity contribution in [2.24, 2.45) is 7.05 Å². The van der Waals surface area contributed by atoms with Gasteiger partial charge in [-0.2, -0.15) is 5.10 Å². The highest BCUT2D eigenvalue weighted by Gasteiger charge is 2.26. The number of hydrogen-bond acceptors (Lipinski definition) is 3. The minimum Gasteiger partial charge on any atom is -0.275 e. The van der Waals surface area contributed by atoms with Crippen LogP contribution < -0.4 is 0 Å². The van der Waals surface area contributed by atoms with Crippen molar-refractivity contribution in [2.45, 2.75) is 13.0 Å². The Morgan fingerprint density at radius 3 is 2.82 bits per heavy atom. The summed E-state index contributed by atoms with van der Waals surface area (Å²) in [5.74, 6) is -0.648. The molecule has 0 N–H and O–H groups in total. The predicted octanol–water partition coefficient (Wildman–Crippen LogP) is 3.17. The third-order valence-electron chi connectivity index (χ3n) is 2.96. The minimum absolute atomic E-state index is 0.156. The number of carbonyl (C=O) groups is 1. The molecule has 1 aromatic carbocycles. The maximum Gasteiger partial charge on any atom is 0.282 e. The zero-order valence-corrected chi connectivity index (χ0v) is 14.1. The van der Waals surface area contributed by atoms with Gasteiger partial charge in [0.05, 0.1) is 19.2 Å². The van der Waals surface area contributed by atoms with E-state index in [4.69, 9.17) is 4.84 Å². The molecule has 0 saturated carbocycles. The Labute approximate surface area is 140 Å². The highest BCUT2D eigenvalue weighted by molar-refractivity contribution is 14.1. The number of hydroxylamine groups is 2. The van der Waals surface area contributed by atoms with Crippen LogP contribution in [0.25, 0.3) is 0 Å². The van der Waals surface area contributed by atoms with Crippen LogP contribution in [-0.4, -0.2) is 27.9 Å². The van der Waals surface area contributed by atoms with E-state index in [-0.39, 0.29) is 12.1 Å². The van der Waals surface area contributed by atoms with E-state index < -0.39 is 18.0 Å². The fourth-order valence-corrected chi connectivity index (χ4v) is 2.59. The quantitative estimate of drug-likeness (QED) is 0.551. The van der Waals surface area contributed by atoms with Crippen LogP contribution in [0.2, 0.25) is 0 Å². The number of aryl methyl sites for hydroxylation is 1. The second-order valence-electron chi connectivity index (χ2n) is 4.56. The highest BCUT2D eigenvalue weighted by atomic mass is 127. The molecule has 0 aliphatic heterocycles. The summed E-state index contributed by atoms with van der Waals surface area (Å²) in [6.45, 7) is 0.156. The van der Waals surface area contributed by atoms with Gasteiger partial charge in [-0.05, 0) is 40.3 Å². The van der Waals surface area contributed by atoms with Gasteiger partial charge < -0.3 is 0 Å². The van der Waals surface area contributed by atoms with E-state index in [0.29, 0.717) is 0 Å². The molecule has 22 heavy (non-hydrogen) atoms. The third kappa shape index (κ3) is 3.80. The number of rotatable bonds is 5. The van der Waals surface area contributed by atoms with Gasteiger partial charge in [-0.25, -0.2) is 13.8 Å². The van der Waals surface area contributed by atoms with Gasteiger partial charge in [-0.3, -0.25) is 14.3 Å². The summed E-state index contributed by atoms with van der Waals surface area (Å²) in [5, 5.41) is 4.67. The third-order valence-corrected chi connectivity index (χ3v) is 3.63. The molecule has 0 fully saturated rings. The molecule has 0 aliphatic carbocycles. The van der Waals surface area contributed by atoms with E-state index in [0.717, 1.165) is 14.2 Å². The smallest absolute Gasteiger partial charge is 0.275 e. The Hall–Kier alpha value is -1.55. The molecule has 1 heterocycles. The summed E-state index contributed by atoms with van der Waals surface area (Å²) in [5.41, 5.74) is 0.131. The zero-order valence-electron chi connectivity index (χ0n) is 12.0.